The van der Waals surface area contributed by atoms with E-state index in [0.717, 1.165) is 15.6 Å². The van der Waals surface area contributed by atoms with Crippen LogP contribution in [0.25, 0.3) is 0 Å². The monoisotopic (exact) mass is 375 g/mol. The number of aromatic nitrogens is 2. The van der Waals surface area contributed by atoms with Gasteiger partial charge in [-0.15, -0.1) is 11.3 Å². The Balaban J connectivity index is 2.21. The van der Waals surface area contributed by atoms with Gasteiger partial charge in [-0.1, -0.05) is 0 Å². The number of hydrogen-bond donors (Lipinski definition) is 1. The van der Waals surface area contributed by atoms with Crippen LogP contribution >= 0.6 is 11.3 Å². The Labute approximate surface area is 145 Å². The fraction of sp³-hybridized carbons (Fsp3) is 0.400. The quantitative estimate of drug-likeness (QED) is 0.832. The van der Waals surface area contributed by atoms with E-state index >= 15 is 0 Å². The Morgan fingerprint density at radius 2 is 1.96 bits per heavy atom. The van der Waals surface area contributed by atoms with Crippen LogP contribution < -0.4 is 5.32 Å². The lowest BCUT2D eigenvalue weighted by molar-refractivity contribution is -0.141. The molecule has 0 fully saturated rings. The minimum absolute atomic E-state index is 0.203. The summed E-state index contributed by atoms with van der Waals surface area (Å²) in [6.45, 7) is 4.53. The number of hydrogen-bond acceptors (Lipinski definition) is 5. The van der Waals surface area contributed by atoms with Crippen molar-refractivity contribution in [1.29, 1.82) is 0 Å². The van der Waals surface area contributed by atoms with E-state index in [4.69, 9.17) is 4.74 Å². The number of thiophene rings is 1. The van der Waals surface area contributed by atoms with E-state index in [-0.39, 0.29) is 11.3 Å². The van der Waals surface area contributed by atoms with Gasteiger partial charge in [-0.3, -0.25) is 9.48 Å². The summed E-state index contributed by atoms with van der Waals surface area (Å²) in [5.74, 6) is -1.18. The summed E-state index contributed by atoms with van der Waals surface area (Å²) in [7, 11) is 1.23. The summed E-state index contributed by atoms with van der Waals surface area (Å²) in [6, 6.07) is 0.868. The molecule has 0 radical (unpaired) electrons. The van der Waals surface area contributed by atoms with Crippen LogP contribution in [0.1, 0.15) is 32.2 Å². The lowest BCUT2D eigenvalue weighted by atomic mass is 10.1. The zero-order valence-electron chi connectivity index (χ0n) is 13.9. The summed E-state index contributed by atoms with van der Waals surface area (Å²) < 4.78 is 43.7. The van der Waals surface area contributed by atoms with Crippen molar-refractivity contribution in [3.05, 3.63) is 33.5 Å². The molecule has 0 aromatic carbocycles. The Morgan fingerprint density at radius 3 is 2.48 bits per heavy atom. The minimum atomic E-state index is -4.58. The standard InChI is InChI=1S/C15H16F3N3O3S/c1-7-5-10(15(16,17)18)20-21(7)6-11(22)19-13-12(14(23)24-4)8(2)9(3)25-13/h5H,6H2,1-4H3,(H,19,22). The van der Waals surface area contributed by atoms with Gasteiger partial charge in [0.15, 0.2) is 5.69 Å². The van der Waals surface area contributed by atoms with Crippen LogP contribution in [0.4, 0.5) is 18.2 Å². The van der Waals surface area contributed by atoms with Gasteiger partial charge in [-0.2, -0.15) is 18.3 Å². The number of ether oxygens (including phenoxy) is 1. The second kappa shape index (κ2) is 6.87. The van der Waals surface area contributed by atoms with E-state index in [9.17, 15) is 22.8 Å². The molecule has 6 nitrogen and oxygen atoms in total. The second-order valence-electron chi connectivity index (χ2n) is 5.35. The van der Waals surface area contributed by atoms with Crippen molar-refractivity contribution in [1.82, 2.24) is 9.78 Å². The number of anilines is 1. The first-order valence-corrected chi connectivity index (χ1v) is 7.96. The number of nitrogens with zero attached hydrogens (tertiary/aromatic N) is 2. The van der Waals surface area contributed by atoms with Gasteiger partial charge in [0.25, 0.3) is 0 Å². The third kappa shape index (κ3) is 4.01. The molecule has 0 aliphatic heterocycles. The number of alkyl halides is 3. The predicted octanol–water partition coefficient (Wildman–Crippen LogP) is 3.31. The highest BCUT2D eigenvalue weighted by molar-refractivity contribution is 7.16. The molecule has 25 heavy (non-hydrogen) atoms. The van der Waals surface area contributed by atoms with Crippen molar-refractivity contribution in [2.75, 3.05) is 12.4 Å². The topological polar surface area (TPSA) is 73.2 Å². The maximum absolute atomic E-state index is 12.7. The van der Waals surface area contributed by atoms with Crippen molar-refractivity contribution in [3.8, 4) is 0 Å². The van der Waals surface area contributed by atoms with Gasteiger partial charge in [0.1, 0.15) is 11.5 Å². The SMILES string of the molecule is COC(=O)c1c(NC(=O)Cn2nc(C(F)(F)F)cc2C)sc(C)c1C. The molecule has 0 saturated heterocycles. The van der Waals surface area contributed by atoms with Crippen LogP contribution in [0.15, 0.2) is 6.07 Å². The van der Waals surface area contributed by atoms with Gasteiger partial charge in [0.05, 0.1) is 12.7 Å². The van der Waals surface area contributed by atoms with Gasteiger partial charge in [-0.25, -0.2) is 4.79 Å². The first-order chi connectivity index (χ1) is 11.5. The average Bonchev–Trinajstić information content (AvgIpc) is 2.99. The fourth-order valence-corrected chi connectivity index (χ4v) is 3.24. The van der Waals surface area contributed by atoms with E-state index in [1.54, 1.807) is 13.8 Å². The van der Waals surface area contributed by atoms with Crippen molar-refractivity contribution in [3.63, 3.8) is 0 Å². The molecule has 2 aromatic heterocycles. The Kier molecular flexibility index (Phi) is 5.21. The molecular formula is C15H16F3N3O3S. The van der Waals surface area contributed by atoms with Crippen molar-refractivity contribution in [2.45, 2.75) is 33.5 Å². The highest BCUT2D eigenvalue weighted by Crippen LogP contribution is 2.33. The Morgan fingerprint density at radius 1 is 1.32 bits per heavy atom. The van der Waals surface area contributed by atoms with Crippen LogP contribution in [-0.4, -0.2) is 28.8 Å². The maximum atomic E-state index is 12.7. The molecule has 2 rings (SSSR count). The fourth-order valence-electron chi connectivity index (χ4n) is 2.17. The molecule has 0 aliphatic carbocycles. The van der Waals surface area contributed by atoms with Gasteiger partial charge in [-0.05, 0) is 32.4 Å². The van der Waals surface area contributed by atoms with E-state index in [1.807, 2.05) is 0 Å². The normalized spacial score (nSPS) is 11.5. The molecule has 0 saturated carbocycles. The number of esters is 1. The summed E-state index contributed by atoms with van der Waals surface area (Å²) in [5, 5.41) is 6.25. The van der Waals surface area contributed by atoms with Gasteiger partial charge in [0, 0.05) is 10.6 Å². The highest BCUT2D eigenvalue weighted by Gasteiger charge is 2.34. The van der Waals surface area contributed by atoms with E-state index in [0.29, 0.717) is 10.6 Å². The van der Waals surface area contributed by atoms with Crippen LogP contribution in [0.3, 0.4) is 0 Å². The lowest BCUT2D eigenvalue weighted by Crippen LogP contribution is -2.21. The number of carbonyl (C=O) groups excluding carboxylic acids is 2. The number of carbonyl (C=O) groups is 2. The molecule has 0 atom stereocenters. The zero-order chi connectivity index (χ0) is 18.9. The van der Waals surface area contributed by atoms with E-state index in [2.05, 4.69) is 10.4 Å². The number of rotatable bonds is 4. The van der Waals surface area contributed by atoms with Crippen molar-refractivity contribution in [2.24, 2.45) is 0 Å². The molecular weight excluding hydrogens is 359 g/mol. The Bertz CT molecular complexity index is 824. The molecule has 0 spiro atoms. The summed E-state index contributed by atoms with van der Waals surface area (Å²) in [5.41, 5.74) is 0.0679. The first kappa shape index (κ1) is 19.0. The first-order valence-electron chi connectivity index (χ1n) is 7.14. The molecule has 0 aliphatic rings. The zero-order valence-corrected chi connectivity index (χ0v) is 14.8. The lowest BCUT2D eigenvalue weighted by Gasteiger charge is -2.07. The van der Waals surface area contributed by atoms with Gasteiger partial charge < -0.3 is 10.1 Å². The third-order valence-electron chi connectivity index (χ3n) is 3.59. The number of aryl methyl sites for hydroxylation is 2. The molecule has 2 heterocycles. The molecule has 10 heteroatoms. The van der Waals surface area contributed by atoms with E-state index < -0.39 is 30.3 Å². The number of halogens is 3. The largest absolute Gasteiger partial charge is 0.465 e. The summed E-state index contributed by atoms with van der Waals surface area (Å²) >= 11 is 1.19. The molecule has 0 bridgehead atoms. The molecule has 2 aromatic rings. The molecule has 1 amide bonds. The van der Waals surface area contributed by atoms with Crippen LogP contribution in [0.5, 0.6) is 0 Å². The Hall–Kier alpha value is -2.36. The smallest absolute Gasteiger partial charge is 0.435 e. The number of methoxy groups -OCH3 is 1. The van der Waals surface area contributed by atoms with Crippen LogP contribution in [0, 0.1) is 20.8 Å². The number of nitrogens with one attached hydrogen (secondary N) is 1. The molecule has 0 unspecified atom stereocenters. The summed E-state index contributed by atoms with van der Waals surface area (Å²) in [6.07, 6.45) is -4.58. The minimum Gasteiger partial charge on any atom is -0.465 e. The number of amides is 1. The molecule has 136 valence electrons. The van der Waals surface area contributed by atoms with Crippen LogP contribution in [0.2, 0.25) is 0 Å². The van der Waals surface area contributed by atoms with Gasteiger partial charge >= 0.3 is 12.1 Å². The maximum Gasteiger partial charge on any atom is 0.435 e. The second-order valence-corrected chi connectivity index (χ2v) is 6.58. The third-order valence-corrected chi connectivity index (χ3v) is 4.72. The van der Waals surface area contributed by atoms with E-state index in [1.165, 1.54) is 25.4 Å². The average molecular weight is 375 g/mol. The van der Waals surface area contributed by atoms with Crippen molar-refractivity contribution >= 4 is 28.2 Å². The van der Waals surface area contributed by atoms with Crippen LogP contribution in [-0.2, 0) is 22.3 Å². The van der Waals surface area contributed by atoms with Crippen molar-refractivity contribution < 1.29 is 27.5 Å². The van der Waals surface area contributed by atoms with Gasteiger partial charge in [0.2, 0.25) is 5.91 Å². The predicted molar refractivity (Wildman–Crippen MR) is 85.7 cm³/mol. The highest BCUT2D eigenvalue weighted by atomic mass is 32.1. The summed E-state index contributed by atoms with van der Waals surface area (Å²) in [4.78, 5) is 24.9. The molecule has 1 N–H and O–H groups in total.